The molecule has 1 N–H and O–H groups in total. The minimum absolute atomic E-state index is 0. The SMILES string of the molecule is CC(C)=CCCC#CCO.CCC[CH2][Sn]([CH2]C=C(C)C)([CH2]CCC)[CH2]CCC.CCOC(=O)/C=C(/CCC=C(C)C)OS(=O)(=O)C(F)(F)F.CCOC(=O)C#CCCC=C(C)C.S.[3HH]. The van der Waals surface area contributed by atoms with Gasteiger partial charge in [-0.05, 0) is 74.7 Å². The van der Waals surface area contributed by atoms with Gasteiger partial charge in [0.2, 0.25) is 0 Å². The van der Waals surface area contributed by atoms with Crippen LogP contribution in [0.3, 0.4) is 0 Å². The molecule has 0 aliphatic rings. The van der Waals surface area contributed by atoms with Crippen LogP contribution < -0.4 is 0 Å². The maximum absolute atomic E-state index is 12.3. The maximum Gasteiger partial charge on any atom is 0.534 e. The second-order valence-electron chi connectivity index (χ2n) is 15.6. The van der Waals surface area contributed by atoms with Crippen molar-refractivity contribution in [2.45, 2.75) is 190 Å². The third-order valence-corrected chi connectivity index (χ3v) is 24.6. The fourth-order valence-electron chi connectivity index (χ4n) is 5.21. The molecular weight excluding hydrogens is 956 g/mol. The molecule has 0 fully saturated rings. The zero-order valence-corrected chi connectivity index (χ0v) is 45.8. The molecule has 0 aromatic heterocycles. The van der Waals surface area contributed by atoms with Crippen LogP contribution in [0.15, 0.2) is 58.4 Å². The van der Waals surface area contributed by atoms with Crippen molar-refractivity contribution < 1.29 is 51.4 Å². The number of hydrogen-bond donors (Lipinski definition) is 1. The average Bonchev–Trinajstić information content (AvgIpc) is 3.17. The Labute approximate surface area is 395 Å². The van der Waals surface area contributed by atoms with E-state index in [1.165, 1.54) is 61.0 Å². The Morgan fingerprint density at radius 1 is 0.667 bits per heavy atom. The summed E-state index contributed by atoms with van der Waals surface area (Å²) in [7, 11) is -5.80. The summed E-state index contributed by atoms with van der Waals surface area (Å²) in [6.45, 7) is 27.0. The third-order valence-electron chi connectivity index (χ3n) is 8.45. The molecule has 0 spiro atoms. The predicted octanol–water partition coefficient (Wildman–Crippen LogP) is 14.2. The number of aliphatic hydroxyl groups excluding tert-OH is 1. The Morgan fingerprint density at radius 2 is 1.10 bits per heavy atom. The Bertz CT molecular complexity index is 1580. The van der Waals surface area contributed by atoms with Crippen LogP contribution in [0.2, 0.25) is 17.7 Å². The van der Waals surface area contributed by atoms with Crippen molar-refractivity contribution in [1.82, 2.24) is 0 Å². The van der Waals surface area contributed by atoms with Gasteiger partial charge in [-0.1, -0.05) is 46.8 Å². The molecule has 0 saturated heterocycles. The van der Waals surface area contributed by atoms with Crippen LogP contribution in [0.25, 0.3) is 0 Å². The second kappa shape index (κ2) is 44.6. The van der Waals surface area contributed by atoms with Crippen molar-refractivity contribution in [3.05, 3.63) is 58.4 Å². The molecule has 0 aliphatic heterocycles. The van der Waals surface area contributed by atoms with Crippen molar-refractivity contribution >= 4 is 53.9 Å². The van der Waals surface area contributed by atoms with Gasteiger partial charge in [0.25, 0.3) is 0 Å². The maximum atomic E-state index is 12.3. The zero-order chi connectivity index (χ0) is 48.5. The van der Waals surface area contributed by atoms with Gasteiger partial charge in [0, 0.05) is 26.6 Å². The number of alkyl halides is 3. The molecule has 0 radical (unpaired) electrons. The minimum atomic E-state index is -5.80. The van der Waals surface area contributed by atoms with Gasteiger partial charge in [0.05, 0.1) is 19.3 Å². The molecular formula is C49H87F3O8S2Sn. The molecule has 0 bridgehead atoms. The molecule has 0 rings (SSSR count). The van der Waals surface area contributed by atoms with Crippen molar-refractivity contribution in [2.75, 3.05) is 19.8 Å². The number of carbonyl (C=O) groups is 2. The smallest absolute Gasteiger partial charge is 0.463 e. The first-order chi connectivity index (χ1) is 29.0. The largest absolute Gasteiger partial charge is 0.534 e. The molecule has 0 amide bonds. The summed E-state index contributed by atoms with van der Waals surface area (Å²) < 4.78 is 78.3. The molecule has 0 aromatic rings. The van der Waals surface area contributed by atoms with E-state index in [0.29, 0.717) is 19.1 Å². The molecule has 14 heteroatoms. The topological polar surface area (TPSA) is 116 Å². The number of carbonyl (C=O) groups excluding carboxylic acids is 2. The van der Waals surface area contributed by atoms with Gasteiger partial charge in [0.15, 0.2) is 0 Å². The minimum Gasteiger partial charge on any atom is -0.463 e. The quantitative estimate of drug-likeness (QED) is 0.0103. The summed E-state index contributed by atoms with van der Waals surface area (Å²) in [5.74, 6) is 8.59. The first-order valence-corrected chi connectivity index (χ1v) is 31.6. The van der Waals surface area contributed by atoms with E-state index in [0.717, 1.165) is 24.8 Å². The Hall–Kier alpha value is -2.59. The Kier molecular flexibility index (Phi) is 49.2. The van der Waals surface area contributed by atoms with Crippen LogP contribution >= 0.6 is 13.5 Å². The number of allylic oxidation sites excluding steroid dienone is 9. The summed E-state index contributed by atoms with van der Waals surface area (Å²) in [4.78, 5) is 21.9. The van der Waals surface area contributed by atoms with Crippen LogP contribution in [0.1, 0.15) is 168 Å². The van der Waals surface area contributed by atoms with Gasteiger partial charge in [-0.25, -0.2) is 9.59 Å². The number of halogens is 3. The molecule has 0 aromatic carbocycles. The van der Waals surface area contributed by atoms with Crippen LogP contribution in [0.4, 0.5) is 13.2 Å². The molecule has 8 nitrogen and oxygen atoms in total. The van der Waals surface area contributed by atoms with Crippen molar-refractivity contribution in [3.63, 3.8) is 0 Å². The van der Waals surface area contributed by atoms with Gasteiger partial charge in [-0.15, -0.1) is 5.92 Å². The van der Waals surface area contributed by atoms with Gasteiger partial charge < -0.3 is 18.8 Å². The van der Waals surface area contributed by atoms with E-state index in [4.69, 9.17) is 5.11 Å². The molecule has 368 valence electrons. The first kappa shape index (κ1) is 69.4. The fraction of sp³-hybridized carbons (Fsp3) is 0.673. The fourth-order valence-corrected chi connectivity index (χ4v) is 21.5. The van der Waals surface area contributed by atoms with Gasteiger partial charge in [-0.2, -0.15) is 35.1 Å². The van der Waals surface area contributed by atoms with E-state index in [1.807, 2.05) is 13.8 Å². The number of ether oxygens (including phenoxy) is 2. The summed E-state index contributed by atoms with van der Waals surface area (Å²) in [5, 5.41) is 8.29. The van der Waals surface area contributed by atoms with Crippen LogP contribution in [-0.4, -0.2) is 69.2 Å². The summed E-state index contributed by atoms with van der Waals surface area (Å²) in [6, 6.07) is 0. The molecule has 63 heavy (non-hydrogen) atoms. The van der Waals surface area contributed by atoms with Crippen LogP contribution in [0.5, 0.6) is 0 Å². The number of esters is 2. The first-order valence-electron chi connectivity index (χ1n) is 22.2. The van der Waals surface area contributed by atoms with Gasteiger partial charge >= 0.3 is 148 Å². The van der Waals surface area contributed by atoms with E-state index in [9.17, 15) is 31.2 Å². The van der Waals surface area contributed by atoms with E-state index in [-0.39, 0.29) is 41.0 Å². The Balaban J connectivity index is -0.000000179. The van der Waals surface area contributed by atoms with E-state index >= 15 is 0 Å². The monoisotopic (exact) mass is 1050 g/mol. The van der Waals surface area contributed by atoms with Gasteiger partial charge in [0.1, 0.15) is 12.4 Å². The summed E-state index contributed by atoms with van der Waals surface area (Å²) in [5.41, 5.74) is -0.523. The van der Waals surface area contributed by atoms with Crippen LogP contribution in [0, 0.1) is 23.7 Å². The van der Waals surface area contributed by atoms with E-state index in [2.05, 4.69) is 104 Å². The molecule has 0 heterocycles. The van der Waals surface area contributed by atoms with E-state index in [1.54, 1.807) is 45.7 Å². The Morgan fingerprint density at radius 3 is 1.48 bits per heavy atom. The zero-order valence-electron chi connectivity index (χ0n) is 41.2. The van der Waals surface area contributed by atoms with Crippen LogP contribution in [-0.2, 0) is 33.4 Å². The predicted molar refractivity (Wildman–Crippen MR) is 268 cm³/mol. The average molecular weight is 1050 g/mol. The second-order valence-corrected chi connectivity index (χ2v) is 31.2. The molecule has 0 aliphatic carbocycles. The standard InChI is InChI=1S/C12H17F3O5S.C11H16O2.C9H14O.C5H9.3C4H9.H2S.Sn.H2/c1-4-19-11(16)8-10(7-5-6-9(2)3)20-21(17,18)12(13,14)15;1-4-13-11(12)9-7-5-6-8-10(2)3;1-9(2)7-5-3-4-6-8-10;1-4-5(2)3;3*1-3-4-2;;;/h6,8H,4-5,7H2,1-3H3;8H,4-6H2,1-3H3;7,10H,3,5,8H2,1-2H3;4H,1H2,2-3H3;3*1,3-4H2,2H3;1H2;;1H/b10-8-;;;;;;;;;/i;;;;;;;;;1+2. The molecule has 0 saturated carbocycles. The van der Waals surface area contributed by atoms with Crippen molar-refractivity contribution in [2.24, 2.45) is 0 Å². The molecule has 0 unspecified atom stereocenters. The summed E-state index contributed by atoms with van der Waals surface area (Å²) >= 11 is -1.82. The van der Waals surface area contributed by atoms with E-state index < -0.39 is 51.7 Å². The normalized spacial score (nSPS) is 10.5. The van der Waals surface area contributed by atoms with Crippen molar-refractivity contribution in [3.8, 4) is 23.7 Å². The number of hydrogen-bond acceptors (Lipinski definition) is 8. The summed E-state index contributed by atoms with van der Waals surface area (Å²) in [6.07, 6.45) is 21.3. The van der Waals surface area contributed by atoms with Crippen molar-refractivity contribution in [1.29, 1.82) is 0 Å². The molecule has 0 atom stereocenters. The number of unbranched alkanes of at least 4 members (excludes halogenated alkanes) is 5. The third kappa shape index (κ3) is 48.7. The number of aliphatic hydroxyl groups is 1. The van der Waals surface area contributed by atoms with Gasteiger partial charge in [-0.3, -0.25) is 0 Å². The number of rotatable bonds is 23.